The molecule has 0 aliphatic carbocycles. The van der Waals surface area contributed by atoms with E-state index >= 15 is 0 Å². The molecule has 0 saturated heterocycles. The van der Waals surface area contributed by atoms with Gasteiger partial charge < -0.3 is 0 Å². The maximum Gasteiger partial charge on any atom is 0.185 e. The van der Waals surface area contributed by atoms with Crippen LogP contribution in [0.1, 0.15) is 0 Å². The van der Waals surface area contributed by atoms with Crippen molar-refractivity contribution in [2.75, 3.05) is 0 Å². The highest BCUT2D eigenvalue weighted by Crippen LogP contribution is 2.23. The van der Waals surface area contributed by atoms with Gasteiger partial charge in [-0.25, -0.2) is 4.98 Å². The van der Waals surface area contributed by atoms with E-state index in [9.17, 15) is 0 Å². The van der Waals surface area contributed by atoms with Crippen LogP contribution in [0.15, 0.2) is 15.6 Å². The van der Waals surface area contributed by atoms with Gasteiger partial charge in [-0.1, -0.05) is 0 Å². The summed E-state index contributed by atoms with van der Waals surface area (Å²) in [5, 5.41) is 0. The molecule has 0 bridgehead atoms. The second kappa shape index (κ2) is 2.96. The van der Waals surface area contributed by atoms with Crippen molar-refractivity contribution >= 4 is 38.8 Å². The van der Waals surface area contributed by atoms with Crippen LogP contribution in [-0.4, -0.2) is 14.3 Å². The van der Waals surface area contributed by atoms with Gasteiger partial charge in [0.25, 0.3) is 0 Å². The lowest BCUT2D eigenvalue weighted by Gasteiger charge is -1.80. The summed E-state index contributed by atoms with van der Waals surface area (Å²) in [6, 6.07) is 0. The molecule has 0 fully saturated rings. The molecule has 2 heterocycles. The SMILES string of the molecule is Brc1nc(-c2cncs2)ns1. The van der Waals surface area contributed by atoms with Crippen LogP contribution in [0.4, 0.5) is 0 Å². The van der Waals surface area contributed by atoms with E-state index in [-0.39, 0.29) is 0 Å². The lowest BCUT2D eigenvalue weighted by Crippen LogP contribution is -1.72. The summed E-state index contributed by atoms with van der Waals surface area (Å²) in [5.74, 6) is 0.754. The van der Waals surface area contributed by atoms with Gasteiger partial charge in [0.1, 0.15) is 0 Å². The largest absolute Gasteiger partial charge is 0.252 e. The van der Waals surface area contributed by atoms with E-state index in [1.54, 1.807) is 11.7 Å². The molecule has 56 valence electrons. The minimum Gasteiger partial charge on any atom is -0.252 e. The summed E-state index contributed by atoms with van der Waals surface area (Å²) >= 11 is 6.12. The van der Waals surface area contributed by atoms with Crippen LogP contribution >= 0.6 is 38.8 Å². The number of hydrogen-bond acceptors (Lipinski definition) is 5. The summed E-state index contributed by atoms with van der Waals surface area (Å²) in [6.07, 6.45) is 1.76. The molecule has 0 aromatic carbocycles. The molecule has 0 spiro atoms. The minimum atomic E-state index is 0.754. The molecule has 0 atom stereocenters. The van der Waals surface area contributed by atoms with Gasteiger partial charge in [-0.15, -0.1) is 11.3 Å². The first-order chi connectivity index (χ1) is 5.36. The van der Waals surface area contributed by atoms with Gasteiger partial charge in [-0.2, -0.15) is 4.37 Å². The van der Waals surface area contributed by atoms with Crippen molar-refractivity contribution in [1.29, 1.82) is 0 Å². The number of aromatic nitrogens is 3. The van der Waals surface area contributed by atoms with E-state index < -0.39 is 0 Å². The Hall–Kier alpha value is -0.330. The fourth-order valence-electron chi connectivity index (χ4n) is 0.631. The molecule has 0 radical (unpaired) electrons. The molecule has 3 nitrogen and oxygen atoms in total. The predicted octanol–water partition coefficient (Wildman–Crippen LogP) is 2.42. The second-order valence-corrected chi connectivity index (χ2v) is 4.65. The number of thiazole rings is 1. The van der Waals surface area contributed by atoms with Gasteiger partial charge in [0.15, 0.2) is 9.74 Å². The summed E-state index contributed by atoms with van der Waals surface area (Å²) in [4.78, 5) is 9.09. The number of rotatable bonds is 1. The maximum atomic E-state index is 4.15. The zero-order valence-electron chi connectivity index (χ0n) is 5.19. The Labute approximate surface area is 79.4 Å². The van der Waals surface area contributed by atoms with Crippen LogP contribution in [-0.2, 0) is 0 Å². The first-order valence-corrected chi connectivity index (χ1v) is 5.19. The Morgan fingerprint density at radius 2 is 2.36 bits per heavy atom. The van der Waals surface area contributed by atoms with Crippen LogP contribution in [0.5, 0.6) is 0 Å². The highest BCUT2D eigenvalue weighted by molar-refractivity contribution is 9.11. The average Bonchev–Trinajstić information content (AvgIpc) is 2.55. The summed E-state index contributed by atoms with van der Waals surface area (Å²) < 4.78 is 4.92. The van der Waals surface area contributed by atoms with E-state index in [1.807, 2.05) is 0 Å². The lowest BCUT2D eigenvalue weighted by molar-refractivity contribution is 1.31. The summed E-state index contributed by atoms with van der Waals surface area (Å²) in [7, 11) is 0. The first-order valence-electron chi connectivity index (χ1n) is 2.74. The average molecular weight is 248 g/mol. The van der Waals surface area contributed by atoms with E-state index in [4.69, 9.17) is 0 Å². The van der Waals surface area contributed by atoms with Crippen LogP contribution in [0, 0.1) is 0 Å². The zero-order valence-corrected chi connectivity index (χ0v) is 8.41. The highest BCUT2D eigenvalue weighted by atomic mass is 79.9. The van der Waals surface area contributed by atoms with Gasteiger partial charge >= 0.3 is 0 Å². The Morgan fingerprint density at radius 1 is 1.45 bits per heavy atom. The van der Waals surface area contributed by atoms with Crippen molar-refractivity contribution in [2.45, 2.75) is 0 Å². The molecule has 11 heavy (non-hydrogen) atoms. The third kappa shape index (κ3) is 1.47. The van der Waals surface area contributed by atoms with Crippen LogP contribution in [0.25, 0.3) is 10.7 Å². The fourth-order valence-corrected chi connectivity index (χ4v) is 2.06. The normalized spacial score (nSPS) is 10.3. The Kier molecular flexibility index (Phi) is 1.97. The molecule has 2 aromatic heterocycles. The van der Waals surface area contributed by atoms with Gasteiger partial charge in [0.2, 0.25) is 0 Å². The third-order valence-corrected chi connectivity index (χ3v) is 2.94. The summed E-state index contributed by atoms with van der Waals surface area (Å²) in [5.41, 5.74) is 1.77. The van der Waals surface area contributed by atoms with Crippen molar-refractivity contribution in [3.05, 3.63) is 15.6 Å². The van der Waals surface area contributed by atoms with Crippen molar-refractivity contribution in [3.8, 4) is 10.7 Å². The summed E-state index contributed by atoms with van der Waals surface area (Å²) in [6.45, 7) is 0. The topological polar surface area (TPSA) is 38.7 Å². The second-order valence-electron chi connectivity index (χ2n) is 1.74. The molecule has 2 rings (SSSR count). The number of halogens is 1. The Bertz CT molecular complexity index is 342. The molecule has 2 aromatic rings. The van der Waals surface area contributed by atoms with Gasteiger partial charge in [0.05, 0.1) is 10.4 Å². The molecular weight excluding hydrogens is 246 g/mol. The van der Waals surface area contributed by atoms with Crippen molar-refractivity contribution < 1.29 is 0 Å². The monoisotopic (exact) mass is 247 g/mol. The molecule has 0 aliphatic rings. The molecule has 0 aliphatic heterocycles. The minimum absolute atomic E-state index is 0.754. The van der Waals surface area contributed by atoms with Crippen LogP contribution in [0.2, 0.25) is 0 Å². The van der Waals surface area contributed by atoms with Gasteiger partial charge in [-0.3, -0.25) is 4.98 Å². The van der Waals surface area contributed by atoms with Crippen molar-refractivity contribution in [3.63, 3.8) is 0 Å². The smallest absolute Gasteiger partial charge is 0.185 e. The molecule has 0 unspecified atom stereocenters. The molecular formula is C5H2BrN3S2. The van der Waals surface area contributed by atoms with Crippen molar-refractivity contribution in [2.24, 2.45) is 0 Å². The van der Waals surface area contributed by atoms with E-state index in [1.165, 1.54) is 22.9 Å². The van der Waals surface area contributed by atoms with Gasteiger partial charge in [-0.05, 0) is 27.5 Å². The predicted molar refractivity (Wildman–Crippen MR) is 48.7 cm³/mol. The van der Waals surface area contributed by atoms with Crippen molar-refractivity contribution in [1.82, 2.24) is 14.3 Å². The molecule has 6 heteroatoms. The number of nitrogens with zero attached hydrogens (tertiary/aromatic N) is 3. The maximum absolute atomic E-state index is 4.15. The molecule has 0 N–H and O–H groups in total. The van der Waals surface area contributed by atoms with E-state index in [2.05, 4.69) is 30.3 Å². The Balaban J connectivity index is 2.45. The van der Waals surface area contributed by atoms with Crippen LogP contribution < -0.4 is 0 Å². The lowest BCUT2D eigenvalue weighted by atomic mass is 10.5. The zero-order chi connectivity index (χ0) is 7.68. The van der Waals surface area contributed by atoms with E-state index in [0.29, 0.717) is 0 Å². The van der Waals surface area contributed by atoms with Gasteiger partial charge in [0, 0.05) is 6.20 Å². The van der Waals surface area contributed by atoms with E-state index in [0.717, 1.165) is 14.6 Å². The molecule has 0 amide bonds. The number of hydrogen-bond donors (Lipinski definition) is 0. The third-order valence-electron chi connectivity index (χ3n) is 1.05. The quantitative estimate of drug-likeness (QED) is 0.777. The Morgan fingerprint density at radius 3 is 2.91 bits per heavy atom. The molecule has 0 saturated carbocycles. The fraction of sp³-hybridized carbons (Fsp3) is 0. The first kappa shape index (κ1) is 7.33. The standard InChI is InChI=1S/C5H2BrN3S2/c6-5-8-4(9-11-5)3-1-7-2-10-3/h1-2H. The van der Waals surface area contributed by atoms with Crippen LogP contribution in [0.3, 0.4) is 0 Å². The highest BCUT2D eigenvalue weighted by Gasteiger charge is 2.04.